The lowest BCUT2D eigenvalue weighted by atomic mass is 10.3. The second kappa shape index (κ2) is 4.87. The zero-order valence-corrected chi connectivity index (χ0v) is 11.4. The Morgan fingerprint density at radius 3 is 2.82 bits per heavy atom. The lowest BCUT2D eigenvalue weighted by Crippen LogP contribution is -2.20. The second-order valence-electron chi connectivity index (χ2n) is 3.92. The third-order valence-corrected chi connectivity index (χ3v) is 3.14. The van der Waals surface area contributed by atoms with E-state index in [0.29, 0.717) is 6.54 Å². The van der Waals surface area contributed by atoms with Crippen molar-refractivity contribution in [3.8, 4) is 0 Å². The Morgan fingerprint density at radius 2 is 2.18 bits per heavy atom. The quantitative estimate of drug-likeness (QED) is 0.868. The molecular formula is C12H14BrN3O. The molecule has 5 heteroatoms. The van der Waals surface area contributed by atoms with E-state index in [0.717, 1.165) is 22.3 Å². The first-order valence-corrected chi connectivity index (χ1v) is 6.27. The summed E-state index contributed by atoms with van der Waals surface area (Å²) in [6.07, 6.45) is 2.70. The van der Waals surface area contributed by atoms with Crippen LogP contribution in [0.25, 0.3) is 0 Å². The monoisotopic (exact) mass is 295 g/mol. The van der Waals surface area contributed by atoms with Crippen molar-refractivity contribution in [2.24, 2.45) is 7.05 Å². The molecule has 0 saturated carbocycles. The molecule has 4 nitrogen and oxygen atoms in total. The van der Waals surface area contributed by atoms with Crippen LogP contribution in [0.1, 0.15) is 18.3 Å². The van der Waals surface area contributed by atoms with Gasteiger partial charge in [0.15, 0.2) is 0 Å². The molecular weight excluding hydrogens is 282 g/mol. The smallest absolute Gasteiger partial charge is 0.250 e. The van der Waals surface area contributed by atoms with E-state index in [1.165, 1.54) is 0 Å². The van der Waals surface area contributed by atoms with Crippen LogP contribution in [0, 0.1) is 0 Å². The zero-order chi connectivity index (χ0) is 12.4. The Labute approximate surface area is 108 Å². The molecule has 90 valence electrons. The van der Waals surface area contributed by atoms with Crippen molar-refractivity contribution >= 4 is 15.9 Å². The van der Waals surface area contributed by atoms with Gasteiger partial charge in [-0.3, -0.25) is 9.48 Å². The predicted molar refractivity (Wildman–Crippen MR) is 70.1 cm³/mol. The van der Waals surface area contributed by atoms with Crippen LogP contribution in [0.5, 0.6) is 0 Å². The summed E-state index contributed by atoms with van der Waals surface area (Å²) in [5.74, 6) is 0. The predicted octanol–water partition coefficient (Wildman–Crippen LogP) is 1.95. The normalized spacial score (nSPS) is 10.8. The molecule has 2 aromatic heterocycles. The molecule has 0 spiro atoms. The number of rotatable bonds is 3. The van der Waals surface area contributed by atoms with Gasteiger partial charge in [-0.1, -0.05) is 6.92 Å². The highest BCUT2D eigenvalue weighted by atomic mass is 79.9. The van der Waals surface area contributed by atoms with Gasteiger partial charge in [0.05, 0.1) is 17.9 Å². The zero-order valence-electron chi connectivity index (χ0n) is 9.85. The van der Waals surface area contributed by atoms with Gasteiger partial charge < -0.3 is 4.57 Å². The van der Waals surface area contributed by atoms with Crippen LogP contribution in [0.4, 0.5) is 0 Å². The Bertz CT molecular complexity index is 586. The molecule has 0 aliphatic heterocycles. The van der Waals surface area contributed by atoms with Crippen molar-refractivity contribution < 1.29 is 0 Å². The van der Waals surface area contributed by atoms with Crippen molar-refractivity contribution in [1.29, 1.82) is 0 Å². The minimum atomic E-state index is -0.00699. The van der Waals surface area contributed by atoms with E-state index in [4.69, 9.17) is 0 Å². The molecule has 0 unspecified atom stereocenters. The van der Waals surface area contributed by atoms with E-state index in [-0.39, 0.29) is 5.56 Å². The van der Waals surface area contributed by atoms with Gasteiger partial charge >= 0.3 is 0 Å². The molecule has 2 rings (SSSR count). The van der Waals surface area contributed by atoms with Crippen molar-refractivity contribution in [3.05, 3.63) is 50.6 Å². The first-order chi connectivity index (χ1) is 8.10. The van der Waals surface area contributed by atoms with Crippen LogP contribution in [-0.4, -0.2) is 14.3 Å². The van der Waals surface area contributed by atoms with Gasteiger partial charge in [-0.25, -0.2) is 0 Å². The number of aryl methyl sites for hydroxylation is 2. The van der Waals surface area contributed by atoms with Crippen molar-refractivity contribution in [2.45, 2.75) is 19.9 Å². The van der Waals surface area contributed by atoms with Crippen LogP contribution < -0.4 is 5.56 Å². The van der Waals surface area contributed by atoms with Gasteiger partial charge in [-0.15, -0.1) is 0 Å². The summed E-state index contributed by atoms with van der Waals surface area (Å²) in [5.41, 5.74) is 2.07. The summed E-state index contributed by atoms with van der Waals surface area (Å²) in [6, 6.07) is 5.34. The Kier molecular flexibility index (Phi) is 3.47. The first-order valence-electron chi connectivity index (χ1n) is 5.48. The van der Waals surface area contributed by atoms with Crippen LogP contribution in [-0.2, 0) is 20.0 Å². The fraction of sp³-hybridized carbons (Fsp3) is 0.333. The number of aromatic nitrogens is 3. The highest BCUT2D eigenvalue weighted by Crippen LogP contribution is 2.08. The molecule has 0 radical (unpaired) electrons. The molecule has 0 aliphatic carbocycles. The summed E-state index contributed by atoms with van der Waals surface area (Å²) >= 11 is 3.36. The maximum Gasteiger partial charge on any atom is 0.250 e. The molecule has 0 aromatic carbocycles. The van der Waals surface area contributed by atoms with Gasteiger partial charge in [0.1, 0.15) is 0 Å². The van der Waals surface area contributed by atoms with Gasteiger partial charge in [0.25, 0.3) is 5.56 Å². The van der Waals surface area contributed by atoms with E-state index in [2.05, 4.69) is 28.0 Å². The highest BCUT2D eigenvalue weighted by molar-refractivity contribution is 9.10. The van der Waals surface area contributed by atoms with Crippen molar-refractivity contribution in [3.63, 3.8) is 0 Å². The summed E-state index contributed by atoms with van der Waals surface area (Å²) in [6.45, 7) is 2.61. The largest absolute Gasteiger partial charge is 0.308 e. The van der Waals surface area contributed by atoms with E-state index in [9.17, 15) is 4.79 Å². The van der Waals surface area contributed by atoms with Gasteiger partial charge in [-0.05, 0) is 34.5 Å². The summed E-state index contributed by atoms with van der Waals surface area (Å²) in [4.78, 5) is 11.7. The fourth-order valence-corrected chi connectivity index (χ4v) is 2.07. The van der Waals surface area contributed by atoms with E-state index >= 15 is 0 Å². The Morgan fingerprint density at radius 1 is 1.41 bits per heavy atom. The molecule has 0 bridgehead atoms. The second-order valence-corrected chi connectivity index (χ2v) is 4.83. The minimum absolute atomic E-state index is 0.00699. The fourth-order valence-electron chi connectivity index (χ4n) is 1.69. The maximum atomic E-state index is 11.7. The Hall–Kier alpha value is -1.36. The maximum absolute atomic E-state index is 11.7. The third-order valence-electron chi connectivity index (χ3n) is 2.67. The number of pyridine rings is 1. The summed E-state index contributed by atoms with van der Waals surface area (Å²) in [5, 5.41) is 4.37. The lowest BCUT2D eigenvalue weighted by molar-refractivity contribution is 0.648. The molecule has 2 heterocycles. The van der Waals surface area contributed by atoms with Crippen LogP contribution >= 0.6 is 15.9 Å². The van der Waals surface area contributed by atoms with E-state index < -0.39 is 0 Å². The molecule has 0 saturated heterocycles. The number of hydrogen-bond acceptors (Lipinski definition) is 2. The molecule has 0 atom stereocenters. The van der Waals surface area contributed by atoms with Crippen molar-refractivity contribution in [2.75, 3.05) is 0 Å². The Balaban J connectivity index is 2.34. The third kappa shape index (κ3) is 2.66. The summed E-state index contributed by atoms with van der Waals surface area (Å²) < 4.78 is 4.39. The number of hydrogen-bond donors (Lipinski definition) is 0. The number of nitrogens with zero attached hydrogens (tertiary/aromatic N) is 3. The van der Waals surface area contributed by atoms with Crippen LogP contribution in [0.3, 0.4) is 0 Å². The van der Waals surface area contributed by atoms with Gasteiger partial charge in [-0.2, -0.15) is 5.10 Å². The lowest BCUT2D eigenvalue weighted by Gasteiger charge is -2.05. The standard InChI is InChI=1S/C12H14BrN3O/c1-3-10-6-11(15(2)14-10)8-16-7-9(13)4-5-12(16)17/h4-7H,3,8H2,1-2H3. The average Bonchev–Trinajstić information content (AvgIpc) is 2.65. The van der Waals surface area contributed by atoms with Gasteiger partial charge in [0.2, 0.25) is 0 Å². The van der Waals surface area contributed by atoms with Crippen LogP contribution in [0.2, 0.25) is 0 Å². The van der Waals surface area contributed by atoms with Crippen LogP contribution in [0.15, 0.2) is 33.7 Å². The topological polar surface area (TPSA) is 39.8 Å². The van der Waals surface area contributed by atoms with Crippen molar-refractivity contribution in [1.82, 2.24) is 14.3 Å². The SMILES string of the molecule is CCc1cc(Cn2cc(Br)ccc2=O)n(C)n1. The molecule has 0 aliphatic rings. The van der Waals surface area contributed by atoms with E-state index in [1.54, 1.807) is 22.9 Å². The average molecular weight is 296 g/mol. The minimum Gasteiger partial charge on any atom is -0.308 e. The molecule has 17 heavy (non-hydrogen) atoms. The highest BCUT2D eigenvalue weighted by Gasteiger charge is 2.05. The van der Waals surface area contributed by atoms with E-state index in [1.807, 2.05) is 17.8 Å². The number of halogens is 1. The summed E-state index contributed by atoms with van der Waals surface area (Å²) in [7, 11) is 1.90. The van der Waals surface area contributed by atoms with Gasteiger partial charge in [0, 0.05) is 23.8 Å². The first kappa shape index (κ1) is 12.1. The molecule has 0 amide bonds. The molecule has 0 N–H and O–H groups in total. The molecule has 2 aromatic rings. The molecule has 0 fully saturated rings.